The maximum atomic E-state index is 13.9. The summed E-state index contributed by atoms with van der Waals surface area (Å²) >= 11 is 6.02. The molecule has 1 aliphatic carbocycles. The van der Waals surface area contributed by atoms with Crippen LogP contribution in [-0.4, -0.2) is 38.9 Å². The van der Waals surface area contributed by atoms with Gasteiger partial charge in [-0.2, -0.15) is 0 Å². The van der Waals surface area contributed by atoms with E-state index in [4.69, 9.17) is 16.6 Å². The molecule has 0 bridgehead atoms. The minimum absolute atomic E-state index is 0.129. The maximum absolute atomic E-state index is 13.9. The number of para-hydroxylation sites is 2. The zero-order chi connectivity index (χ0) is 27.0. The van der Waals surface area contributed by atoms with E-state index in [1.54, 1.807) is 24.3 Å². The second kappa shape index (κ2) is 12.9. The molecule has 3 aromatic carbocycles. The van der Waals surface area contributed by atoms with Gasteiger partial charge in [0.2, 0.25) is 5.91 Å². The molecule has 0 atom stereocenters. The number of nitrogens with zero attached hydrogens (tertiary/aromatic N) is 3. The van der Waals surface area contributed by atoms with Gasteiger partial charge in [0.15, 0.2) is 0 Å². The molecule has 6 nitrogen and oxygen atoms in total. The van der Waals surface area contributed by atoms with Crippen LogP contribution in [0.1, 0.15) is 60.3 Å². The Morgan fingerprint density at radius 1 is 0.949 bits per heavy atom. The summed E-state index contributed by atoms with van der Waals surface area (Å²) in [5, 5.41) is 3.51. The van der Waals surface area contributed by atoms with Gasteiger partial charge in [-0.15, -0.1) is 0 Å². The lowest BCUT2D eigenvalue weighted by molar-refractivity contribution is -0.135. The Morgan fingerprint density at radius 2 is 1.72 bits per heavy atom. The molecule has 39 heavy (non-hydrogen) atoms. The quantitative estimate of drug-likeness (QED) is 0.235. The Bertz CT molecular complexity index is 1410. The molecule has 1 saturated carbocycles. The van der Waals surface area contributed by atoms with Crippen molar-refractivity contribution < 1.29 is 9.59 Å². The number of aryl methyl sites for hydroxylation is 1. The normalized spacial score (nSPS) is 13.9. The number of amides is 2. The van der Waals surface area contributed by atoms with Gasteiger partial charge in [-0.05, 0) is 55.2 Å². The van der Waals surface area contributed by atoms with Crippen molar-refractivity contribution in [2.45, 2.75) is 64.1 Å². The van der Waals surface area contributed by atoms with Gasteiger partial charge in [-0.1, -0.05) is 79.4 Å². The summed E-state index contributed by atoms with van der Waals surface area (Å²) < 4.78 is 2.07. The van der Waals surface area contributed by atoms with Gasteiger partial charge in [0.25, 0.3) is 5.91 Å². The maximum Gasteiger partial charge on any atom is 0.251 e. The molecular weight excluding hydrogens is 508 g/mol. The van der Waals surface area contributed by atoms with E-state index in [1.165, 1.54) is 19.3 Å². The second-order valence-corrected chi connectivity index (χ2v) is 10.7. The third kappa shape index (κ3) is 6.87. The molecule has 1 fully saturated rings. The van der Waals surface area contributed by atoms with E-state index in [1.807, 2.05) is 42.5 Å². The number of aromatic nitrogens is 2. The zero-order valence-corrected chi connectivity index (χ0v) is 22.9. The number of benzene rings is 3. The molecular formula is C32H35ClN4O2. The average molecular weight is 543 g/mol. The number of rotatable bonds is 10. The van der Waals surface area contributed by atoms with Crippen molar-refractivity contribution >= 4 is 34.4 Å². The van der Waals surface area contributed by atoms with E-state index in [0.29, 0.717) is 36.5 Å². The Labute approximate surface area is 235 Å². The van der Waals surface area contributed by atoms with Crippen LogP contribution in [0.4, 0.5) is 0 Å². The zero-order valence-electron chi connectivity index (χ0n) is 22.2. The van der Waals surface area contributed by atoms with E-state index in [0.717, 1.165) is 35.3 Å². The molecule has 1 aliphatic rings. The number of hydrogen-bond donors (Lipinski definition) is 1. The lowest BCUT2D eigenvalue weighted by Gasteiger charge is -2.35. The van der Waals surface area contributed by atoms with Gasteiger partial charge in [0, 0.05) is 36.1 Å². The largest absolute Gasteiger partial charge is 0.352 e. The van der Waals surface area contributed by atoms with Crippen LogP contribution in [0.25, 0.3) is 11.0 Å². The van der Waals surface area contributed by atoms with E-state index in [-0.39, 0.29) is 24.4 Å². The number of hydrogen-bond acceptors (Lipinski definition) is 3. The fourth-order valence-corrected chi connectivity index (χ4v) is 5.68. The molecule has 0 saturated heterocycles. The van der Waals surface area contributed by atoms with Crippen LogP contribution in [0.2, 0.25) is 5.02 Å². The first-order valence-corrected chi connectivity index (χ1v) is 14.3. The van der Waals surface area contributed by atoms with Gasteiger partial charge in [-0.25, -0.2) is 4.98 Å². The second-order valence-electron chi connectivity index (χ2n) is 10.3. The van der Waals surface area contributed by atoms with Crippen molar-refractivity contribution in [2.24, 2.45) is 0 Å². The van der Waals surface area contributed by atoms with Gasteiger partial charge < -0.3 is 14.8 Å². The number of carbonyl (C=O) groups is 2. The summed E-state index contributed by atoms with van der Waals surface area (Å²) in [7, 11) is 0. The fraction of sp³-hybridized carbons (Fsp3) is 0.344. The van der Waals surface area contributed by atoms with Crippen LogP contribution in [0.5, 0.6) is 0 Å². The summed E-state index contributed by atoms with van der Waals surface area (Å²) in [5.74, 6) is 0.847. The van der Waals surface area contributed by atoms with Crippen LogP contribution in [-0.2, 0) is 24.3 Å². The molecule has 0 unspecified atom stereocenters. The van der Waals surface area contributed by atoms with Crippen molar-refractivity contribution in [2.75, 3.05) is 6.54 Å². The monoisotopic (exact) mass is 542 g/mol. The van der Waals surface area contributed by atoms with E-state index in [9.17, 15) is 9.59 Å². The van der Waals surface area contributed by atoms with Gasteiger partial charge in [0.05, 0.1) is 11.0 Å². The molecule has 0 radical (unpaired) electrons. The van der Waals surface area contributed by atoms with Crippen LogP contribution in [0.3, 0.4) is 0 Å². The number of halogens is 1. The SMILES string of the molecule is O=C(NCCCc1nc2ccccc2n1CC(=O)N(Cc1ccccc1)C1CCCCC1)c1cccc(Cl)c1. The molecule has 4 aromatic rings. The number of imidazole rings is 1. The molecule has 1 heterocycles. The number of carbonyl (C=O) groups excluding carboxylic acids is 2. The molecule has 2 amide bonds. The van der Waals surface area contributed by atoms with Gasteiger partial charge in [-0.3, -0.25) is 9.59 Å². The highest BCUT2D eigenvalue weighted by Crippen LogP contribution is 2.26. The highest BCUT2D eigenvalue weighted by molar-refractivity contribution is 6.30. The van der Waals surface area contributed by atoms with E-state index >= 15 is 0 Å². The molecule has 0 aliphatic heterocycles. The number of nitrogens with one attached hydrogen (secondary N) is 1. The smallest absolute Gasteiger partial charge is 0.251 e. The first-order chi connectivity index (χ1) is 19.1. The third-order valence-electron chi connectivity index (χ3n) is 7.51. The molecule has 1 aromatic heterocycles. The summed E-state index contributed by atoms with van der Waals surface area (Å²) in [5.41, 5.74) is 3.55. The minimum atomic E-state index is -0.148. The Hall–Kier alpha value is -3.64. The summed E-state index contributed by atoms with van der Waals surface area (Å²) in [6.07, 6.45) is 7.06. The lowest BCUT2D eigenvalue weighted by Crippen LogP contribution is -2.42. The van der Waals surface area contributed by atoms with E-state index < -0.39 is 0 Å². The van der Waals surface area contributed by atoms with Crippen LogP contribution in [0.15, 0.2) is 78.9 Å². The first-order valence-electron chi connectivity index (χ1n) is 13.9. The summed E-state index contributed by atoms with van der Waals surface area (Å²) in [6, 6.07) is 25.5. The van der Waals surface area contributed by atoms with Crippen molar-refractivity contribution in [3.63, 3.8) is 0 Å². The predicted octanol–water partition coefficient (Wildman–Crippen LogP) is 6.41. The molecule has 202 valence electrons. The van der Waals surface area contributed by atoms with Gasteiger partial charge in [0.1, 0.15) is 12.4 Å². The first kappa shape index (κ1) is 26.9. The van der Waals surface area contributed by atoms with Crippen LogP contribution >= 0.6 is 11.6 Å². The van der Waals surface area contributed by atoms with Crippen molar-refractivity contribution in [3.05, 3.63) is 101 Å². The predicted molar refractivity (Wildman–Crippen MR) is 156 cm³/mol. The fourth-order valence-electron chi connectivity index (χ4n) is 5.49. The molecule has 0 spiro atoms. The number of fused-ring (bicyclic) bond motifs is 1. The molecule has 7 heteroatoms. The standard InChI is InChI=1S/C32H35ClN4O2/c33-26-14-9-13-25(21-26)32(39)34-20-10-19-30-35-28-17-7-8-18-29(28)37(30)23-31(38)36(27-15-5-2-6-16-27)22-24-11-3-1-4-12-24/h1,3-4,7-9,11-14,17-18,21,27H,2,5-6,10,15-16,19-20,22-23H2,(H,34,39). The highest BCUT2D eigenvalue weighted by atomic mass is 35.5. The van der Waals surface area contributed by atoms with Crippen LogP contribution < -0.4 is 5.32 Å². The molecule has 5 rings (SSSR count). The van der Waals surface area contributed by atoms with Crippen molar-refractivity contribution in [1.82, 2.24) is 19.8 Å². The highest BCUT2D eigenvalue weighted by Gasteiger charge is 2.27. The average Bonchev–Trinajstić information content (AvgIpc) is 3.31. The third-order valence-corrected chi connectivity index (χ3v) is 7.74. The Balaban J connectivity index is 1.30. The summed E-state index contributed by atoms with van der Waals surface area (Å²) in [4.78, 5) is 33.4. The Morgan fingerprint density at radius 3 is 2.51 bits per heavy atom. The minimum Gasteiger partial charge on any atom is -0.352 e. The topological polar surface area (TPSA) is 67.2 Å². The van der Waals surface area contributed by atoms with Crippen molar-refractivity contribution in [1.29, 1.82) is 0 Å². The van der Waals surface area contributed by atoms with Gasteiger partial charge >= 0.3 is 0 Å². The molecule has 1 N–H and O–H groups in total. The van der Waals surface area contributed by atoms with Crippen molar-refractivity contribution in [3.8, 4) is 0 Å². The Kier molecular flexibility index (Phi) is 8.94. The van der Waals surface area contributed by atoms with Crippen LogP contribution in [0, 0.1) is 0 Å². The summed E-state index contributed by atoms with van der Waals surface area (Å²) in [6.45, 7) is 1.39. The van der Waals surface area contributed by atoms with E-state index in [2.05, 4.69) is 26.9 Å². The lowest BCUT2D eigenvalue weighted by atomic mass is 9.93.